The number of hydrogen-bond acceptors (Lipinski definition) is 4. The summed E-state index contributed by atoms with van der Waals surface area (Å²) in [5.41, 5.74) is 0.900. The lowest BCUT2D eigenvalue weighted by Crippen LogP contribution is -1.89. The highest BCUT2D eigenvalue weighted by molar-refractivity contribution is 7.10. The van der Waals surface area contributed by atoms with Gasteiger partial charge in [0.1, 0.15) is 0 Å². The summed E-state index contributed by atoms with van der Waals surface area (Å²) < 4.78 is 5.58. The fraction of sp³-hybridized carbons (Fsp3) is 0.154. The first-order valence-corrected chi connectivity index (χ1v) is 7.08. The molecule has 0 atom stereocenters. The van der Waals surface area contributed by atoms with E-state index in [2.05, 4.69) is 0 Å². The Morgan fingerprint density at radius 2 is 2.17 bits per heavy atom. The van der Waals surface area contributed by atoms with Crippen LogP contribution in [-0.4, -0.2) is 11.1 Å². The number of carboxylic acid groups (broad SMARTS) is 1. The predicted molar refractivity (Wildman–Crippen MR) is 73.8 cm³/mol. The molecule has 5 heteroatoms. The molecule has 1 N–H and O–H groups in total. The standard InChI is InChI=1S/C13H12O3S2/c14-13(15)4-3-10-6-12(18-9-10)8-16-7-11-2-1-5-17-11/h1-6,9H,7-8H2,(H,14,15). The minimum atomic E-state index is -0.934. The first kappa shape index (κ1) is 13.0. The molecule has 0 aliphatic heterocycles. The zero-order valence-corrected chi connectivity index (χ0v) is 11.2. The van der Waals surface area contributed by atoms with Crippen LogP contribution >= 0.6 is 22.7 Å². The molecule has 0 unspecified atom stereocenters. The molecular formula is C13H12O3S2. The Kier molecular flexibility index (Phi) is 4.69. The van der Waals surface area contributed by atoms with Crippen LogP contribution in [0.5, 0.6) is 0 Å². The van der Waals surface area contributed by atoms with Crippen molar-refractivity contribution in [2.75, 3.05) is 0 Å². The summed E-state index contributed by atoms with van der Waals surface area (Å²) in [6, 6.07) is 5.99. The Bertz CT molecular complexity index is 526. The van der Waals surface area contributed by atoms with Gasteiger partial charge in [-0.05, 0) is 34.5 Å². The van der Waals surface area contributed by atoms with E-state index in [9.17, 15) is 4.79 Å². The summed E-state index contributed by atoms with van der Waals surface area (Å²) in [7, 11) is 0. The Balaban J connectivity index is 1.81. The molecule has 2 aromatic heterocycles. The summed E-state index contributed by atoms with van der Waals surface area (Å²) in [6.07, 6.45) is 2.72. The quantitative estimate of drug-likeness (QED) is 0.822. The lowest BCUT2D eigenvalue weighted by Gasteiger charge is -1.99. The van der Waals surface area contributed by atoms with E-state index in [0.717, 1.165) is 16.5 Å². The Morgan fingerprint density at radius 1 is 1.33 bits per heavy atom. The van der Waals surface area contributed by atoms with Crippen LogP contribution in [0.25, 0.3) is 6.08 Å². The van der Waals surface area contributed by atoms with Gasteiger partial charge in [-0.3, -0.25) is 0 Å². The van der Waals surface area contributed by atoms with Gasteiger partial charge in [0, 0.05) is 15.8 Å². The summed E-state index contributed by atoms with van der Waals surface area (Å²) in [5, 5.41) is 12.5. The Morgan fingerprint density at radius 3 is 2.89 bits per heavy atom. The molecule has 2 aromatic rings. The van der Waals surface area contributed by atoms with Gasteiger partial charge in [-0.1, -0.05) is 6.07 Å². The van der Waals surface area contributed by atoms with Crippen LogP contribution in [0.4, 0.5) is 0 Å². The lowest BCUT2D eigenvalue weighted by molar-refractivity contribution is -0.131. The molecule has 94 valence electrons. The topological polar surface area (TPSA) is 46.5 Å². The van der Waals surface area contributed by atoms with E-state index in [1.54, 1.807) is 28.7 Å². The van der Waals surface area contributed by atoms with Crippen LogP contribution in [0.1, 0.15) is 15.3 Å². The van der Waals surface area contributed by atoms with Crippen molar-refractivity contribution in [2.45, 2.75) is 13.2 Å². The van der Waals surface area contributed by atoms with Crippen molar-refractivity contribution in [3.8, 4) is 0 Å². The van der Waals surface area contributed by atoms with Crippen molar-refractivity contribution in [1.29, 1.82) is 0 Å². The monoisotopic (exact) mass is 280 g/mol. The van der Waals surface area contributed by atoms with E-state index >= 15 is 0 Å². The third kappa shape index (κ3) is 4.10. The van der Waals surface area contributed by atoms with Crippen molar-refractivity contribution in [1.82, 2.24) is 0 Å². The number of carbonyl (C=O) groups is 1. The molecule has 0 amide bonds. The SMILES string of the molecule is O=C(O)C=Cc1csc(COCc2cccs2)c1. The number of hydrogen-bond donors (Lipinski definition) is 1. The maximum absolute atomic E-state index is 10.4. The fourth-order valence-electron chi connectivity index (χ4n) is 1.38. The van der Waals surface area contributed by atoms with Gasteiger partial charge < -0.3 is 9.84 Å². The van der Waals surface area contributed by atoms with Gasteiger partial charge >= 0.3 is 5.97 Å². The van der Waals surface area contributed by atoms with Crippen LogP contribution in [-0.2, 0) is 22.7 Å². The van der Waals surface area contributed by atoms with E-state index in [-0.39, 0.29) is 0 Å². The largest absolute Gasteiger partial charge is 0.478 e. The average Bonchev–Trinajstić information content (AvgIpc) is 2.97. The lowest BCUT2D eigenvalue weighted by atomic mass is 10.3. The molecule has 0 aromatic carbocycles. The number of carboxylic acids is 1. The predicted octanol–water partition coefficient (Wildman–Crippen LogP) is 3.62. The maximum atomic E-state index is 10.4. The van der Waals surface area contributed by atoms with Gasteiger partial charge in [0.15, 0.2) is 0 Å². The highest BCUT2D eigenvalue weighted by Gasteiger charge is 1.99. The second kappa shape index (κ2) is 6.49. The van der Waals surface area contributed by atoms with Crippen LogP contribution in [0.15, 0.2) is 35.0 Å². The summed E-state index contributed by atoms with van der Waals surface area (Å²) in [4.78, 5) is 12.7. The van der Waals surface area contributed by atoms with Crippen molar-refractivity contribution < 1.29 is 14.6 Å². The van der Waals surface area contributed by atoms with E-state index < -0.39 is 5.97 Å². The maximum Gasteiger partial charge on any atom is 0.328 e. The molecule has 2 heterocycles. The Hall–Kier alpha value is -1.43. The molecule has 0 bridgehead atoms. The van der Waals surface area contributed by atoms with E-state index in [4.69, 9.17) is 9.84 Å². The molecule has 0 spiro atoms. The molecule has 2 rings (SSSR count). The van der Waals surface area contributed by atoms with Crippen LogP contribution in [0.2, 0.25) is 0 Å². The van der Waals surface area contributed by atoms with Crippen LogP contribution in [0.3, 0.4) is 0 Å². The molecule has 0 aliphatic carbocycles. The zero-order chi connectivity index (χ0) is 12.8. The first-order valence-electron chi connectivity index (χ1n) is 5.32. The van der Waals surface area contributed by atoms with Gasteiger partial charge in [0.05, 0.1) is 13.2 Å². The summed E-state index contributed by atoms with van der Waals surface area (Å²) in [6.45, 7) is 1.18. The fourth-order valence-corrected chi connectivity index (χ4v) is 2.81. The zero-order valence-electron chi connectivity index (χ0n) is 9.54. The molecule has 18 heavy (non-hydrogen) atoms. The smallest absolute Gasteiger partial charge is 0.328 e. The van der Waals surface area contributed by atoms with Gasteiger partial charge in [-0.25, -0.2) is 4.79 Å². The van der Waals surface area contributed by atoms with Crippen molar-refractivity contribution in [3.63, 3.8) is 0 Å². The third-order valence-corrected chi connectivity index (χ3v) is 3.94. The second-order valence-corrected chi connectivity index (χ2v) is 5.62. The van der Waals surface area contributed by atoms with Crippen LogP contribution in [0, 0.1) is 0 Å². The van der Waals surface area contributed by atoms with E-state index in [1.807, 2.05) is 29.0 Å². The van der Waals surface area contributed by atoms with Gasteiger partial charge in [-0.2, -0.15) is 0 Å². The molecule has 0 aliphatic rings. The highest BCUT2D eigenvalue weighted by atomic mass is 32.1. The molecule has 0 fully saturated rings. The van der Waals surface area contributed by atoms with Crippen LogP contribution < -0.4 is 0 Å². The second-order valence-electron chi connectivity index (χ2n) is 3.59. The van der Waals surface area contributed by atoms with Crippen molar-refractivity contribution >= 4 is 34.7 Å². The van der Waals surface area contributed by atoms with E-state index in [0.29, 0.717) is 13.2 Å². The number of aliphatic carboxylic acids is 1. The van der Waals surface area contributed by atoms with Gasteiger partial charge in [0.25, 0.3) is 0 Å². The highest BCUT2D eigenvalue weighted by Crippen LogP contribution is 2.18. The van der Waals surface area contributed by atoms with Crippen molar-refractivity contribution in [2.24, 2.45) is 0 Å². The average molecular weight is 280 g/mol. The molecule has 0 saturated heterocycles. The number of ether oxygens (including phenoxy) is 1. The number of rotatable bonds is 6. The minimum absolute atomic E-state index is 0.559. The molecule has 3 nitrogen and oxygen atoms in total. The van der Waals surface area contributed by atoms with Gasteiger partial charge in [0.2, 0.25) is 0 Å². The minimum Gasteiger partial charge on any atom is -0.478 e. The molecular weight excluding hydrogens is 268 g/mol. The normalized spacial score (nSPS) is 11.1. The molecule has 0 radical (unpaired) electrons. The van der Waals surface area contributed by atoms with E-state index in [1.165, 1.54) is 4.88 Å². The molecule has 0 saturated carbocycles. The Labute approximate surface area is 113 Å². The summed E-state index contributed by atoms with van der Waals surface area (Å²) >= 11 is 3.25. The number of thiophene rings is 2. The summed E-state index contributed by atoms with van der Waals surface area (Å²) in [5.74, 6) is -0.934. The third-order valence-electron chi connectivity index (χ3n) is 2.16. The van der Waals surface area contributed by atoms with Gasteiger partial charge in [-0.15, -0.1) is 22.7 Å². The first-order chi connectivity index (χ1) is 8.74. The van der Waals surface area contributed by atoms with Crippen molar-refractivity contribution in [3.05, 3.63) is 50.4 Å².